The predicted molar refractivity (Wildman–Crippen MR) is 59.2 cm³/mol. The van der Waals surface area contributed by atoms with Crippen LogP contribution in [0.25, 0.3) is 0 Å². The zero-order chi connectivity index (χ0) is 13.0. The molecule has 0 spiro atoms. The van der Waals surface area contributed by atoms with Crippen molar-refractivity contribution < 1.29 is 19.6 Å². The van der Waals surface area contributed by atoms with Gasteiger partial charge in [0, 0.05) is 12.1 Å². The second-order valence-corrected chi connectivity index (χ2v) is 3.61. The number of nitrogens with zero attached hydrogens (tertiary/aromatic N) is 1. The molecule has 0 saturated heterocycles. The van der Waals surface area contributed by atoms with Gasteiger partial charge in [-0.2, -0.15) is 0 Å². The third kappa shape index (κ3) is 3.01. The summed E-state index contributed by atoms with van der Waals surface area (Å²) in [7, 11) is 1.24. The lowest BCUT2D eigenvalue weighted by Crippen LogP contribution is -2.20. The minimum atomic E-state index is -1.04. The zero-order valence-corrected chi connectivity index (χ0v) is 9.49. The van der Waals surface area contributed by atoms with E-state index in [0.29, 0.717) is 5.56 Å². The van der Waals surface area contributed by atoms with E-state index in [1.807, 2.05) is 0 Å². The van der Waals surface area contributed by atoms with Gasteiger partial charge in [-0.15, -0.1) is 0 Å². The first-order valence-corrected chi connectivity index (χ1v) is 4.97. The van der Waals surface area contributed by atoms with Crippen LogP contribution in [0, 0.1) is 16.0 Å². The van der Waals surface area contributed by atoms with Gasteiger partial charge in [-0.3, -0.25) is 14.9 Å². The summed E-state index contributed by atoms with van der Waals surface area (Å²) in [4.78, 5) is 21.1. The van der Waals surface area contributed by atoms with Gasteiger partial charge in [0.15, 0.2) is 0 Å². The molecule has 0 aromatic heterocycles. The molecule has 0 unspecified atom stereocenters. The van der Waals surface area contributed by atoms with Gasteiger partial charge < -0.3 is 9.84 Å². The summed E-state index contributed by atoms with van der Waals surface area (Å²) in [6.45, 7) is 1.53. The van der Waals surface area contributed by atoms with E-state index in [1.54, 1.807) is 0 Å². The number of nitro benzene ring substituents is 1. The van der Waals surface area contributed by atoms with E-state index in [1.165, 1.54) is 38.3 Å². The molecule has 92 valence electrons. The largest absolute Gasteiger partial charge is 0.469 e. The van der Waals surface area contributed by atoms with Crippen LogP contribution in [0.5, 0.6) is 0 Å². The summed E-state index contributed by atoms with van der Waals surface area (Å²) in [5.41, 5.74) is 0.375. The monoisotopic (exact) mass is 239 g/mol. The average molecular weight is 239 g/mol. The highest BCUT2D eigenvalue weighted by atomic mass is 16.6. The highest BCUT2D eigenvalue weighted by Gasteiger charge is 2.24. The highest BCUT2D eigenvalue weighted by Crippen LogP contribution is 2.24. The molecule has 0 fully saturated rings. The lowest BCUT2D eigenvalue weighted by atomic mass is 9.97. The molecular weight excluding hydrogens is 226 g/mol. The fourth-order valence-electron chi connectivity index (χ4n) is 1.40. The Kier molecular flexibility index (Phi) is 4.17. The van der Waals surface area contributed by atoms with Crippen molar-refractivity contribution >= 4 is 11.7 Å². The molecule has 2 atom stereocenters. The van der Waals surface area contributed by atoms with Crippen LogP contribution in [0.2, 0.25) is 0 Å². The highest BCUT2D eigenvalue weighted by molar-refractivity contribution is 5.72. The Morgan fingerprint density at radius 3 is 2.35 bits per heavy atom. The molecule has 6 heteroatoms. The smallest absolute Gasteiger partial charge is 0.311 e. The van der Waals surface area contributed by atoms with Crippen LogP contribution in [0.3, 0.4) is 0 Å². The number of hydrogen-bond donors (Lipinski definition) is 1. The Morgan fingerprint density at radius 1 is 1.41 bits per heavy atom. The first kappa shape index (κ1) is 13.1. The minimum absolute atomic E-state index is 0.0633. The number of nitro groups is 1. The number of carbonyl (C=O) groups excluding carboxylic acids is 1. The van der Waals surface area contributed by atoms with E-state index in [-0.39, 0.29) is 5.69 Å². The predicted octanol–water partition coefficient (Wildman–Crippen LogP) is 1.44. The second-order valence-electron chi connectivity index (χ2n) is 3.61. The summed E-state index contributed by atoms with van der Waals surface area (Å²) in [5.74, 6) is -1.25. The van der Waals surface area contributed by atoms with Gasteiger partial charge >= 0.3 is 5.97 Å². The number of carbonyl (C=O) groups is 1. The van der Waals surface area contributed by atoms with Crippen LogP contribution in [0.1, 0.15) is 18.6 Å². The molecule has 0 bridgehead atoms. The third-order valence-corrected chi connectivity index (χ3v) is 2.49. The average Bonchev–Trinajstić information content (AvgIpc) is 2.36. The van der Waals surface area contributed by atoms with Crippen LogP contribution >= 0.6 is 0 Å². The lowest BCUT2D eigenvalue weighted by molar-refractivity contribution is -0.384. The SMILES string of the molecule is COC(=O)[C@H](C)[C@@H](O)c1ccc([N+](=O)[O-])cc1. The summed E-state index contributed by atoms with van der Waals surface area (Å²) in [5, 5.41) is 20.3. The second kappa shape index (κ2) is 5.40. The van der Waals surface area contributed by atoms with Crippen LogP contribution in [-0.4, -0.2) is 23.1 Å². The molecule has 0 saturated carbocycles. The van der Waals surface area contributed by atoms with E-state index in [9.17, 15) is 20.0 Å². The fourth-order valence-corrected chi connectivity index (χ4v) is 1.40. The maximum Gasteiger partial charge on any atom is 0.311 e. The van der Waals surface area contributed by atoms with E-state index in [0.717, 1.165) is 0 Å². The third-order valence-electron chi connectivity index (χ3n) is 2.49. The van der Waals surface area contributed by atoms with Crippen molar-refractivity contribution in [1.82, 2.24) is 0 Å². The topological polar surface area (TPSA) is 89.7 Å². The van der Waals surface area contributed by atoms with Crippen molar-refractivity contribution in [3.8, 4) is 0 Å². The first-order chi connectivity index (χ1) is 7.97. The van der Waals surface area contributed by atoms with Gasteiger partial charge in [0.2, 0.25) is 0 Å². The van der Waals surface area contributed by atoms with Gasteiger partial charge in [-0.1, -0.05) is 0 Å². The number of aliphatic hydroxyl groups is 1. The number of rotatable bonds is 4. The van der Waals surface area contributed by atoms with Gasteiger partial charge in [-0.25, -0.2) is 0 Å². The minimum Gasteiger partial charge on any atom is -0.469 e. The number of ether oxygens (including phenoxy) is 1. The molecule has 0 aliphatic carbocycles. The Balaban J connectivity index is 2.86. The van der Waals surface area contributed by atoms with Gasteiger partial charge in [-0.05, 0) is 24.6 Å². The van der Waals surface area contributed by atoms with Crippen LogP contribution in [0.15, 0.2) is 24.3 Å². The van der Waals surface area contributed by atoms with E-state index < -0.39 is 22.9 Å². The number of non-ortho nitro benzene ring substituents is 1. The Labute approximate surface area is 98.0 Å². The fraction of sp³-hybridized carbons (Fsp3) is 0.364. The Bertz CT molecular complexity index is 414. The summed E-state index contributed by atoms with van der Waals surface area (Å²) >= 11 is 0. The van der Waals surface area contributed by atoms with Crippen LogP contribution in [-0.2, 0) is 9.53 Å². The molecule has 0 heterocycles. The van der Waals surface area contributed by atoms with Crippen LogP contribution in [0.4, 0.5) is 5.69 Å². The molecule has 0 amide bonds. The molecule has 0 aliphatic heterocycles. The van der Waals surface area contributed by atoms with Crippen molar-refractivity contribution in [2.24, 2.45) is 5.92 Å². The van der Waals surface area contributed by atoms with E-state index in [2.05, 4.69) is 4.74 Å². The summed E-state index contributed by atoms with van der Waals surface area (Å²) < 4.78 is 4.51. The van der Waals surface area contributed by atoms with Crippen molar-refractivity contribution in [1.29, 1.82) is 0 Å². The molecule has 0 radical (unpaired) electrons. The molecule has 1 N–H and O–H groups in total. The molecular formula is C11H13NO5. The van der Waals surface area contributed by atoms with Gasteiger partial charge in [0.1, 0.15) is 0 Å². The maximum absolute atomic E-state index is 11.2. The normalized spacial score (nSPS) is 13.8. The number of hydrogen-bond acceptors (Lipinski definition) is 5. The maximum atomic E-state index is 11.2. The van der Waals surface area contributed by atoms with Gasteiger partial charge in [0.25, 0.3) is 5.69 Å². The van der Waals surface area contributed by atoms with Crippen molar-refractivity contribution in [2.45, 2.75) is 13.0 Å². The molecule has 1 rings (SSSR count). The number of esters is 1. The van der Waals surface area contributed by atoms with Crippen molar-refractivity contribution in [3.63, 3.8) is 0 Å². The Hall–Kier alpha value is -1.95. The van der Waals surface area contributed by atoms with Crippen molar-refractivity contribution in [2.75, 3.05) is 7.11 Å². The number of aliphatic hydroxyl groups excluding tert-OH is 1. The van der Waals surface area contributed by atoms with Gasteiger partial charge in [0.05, 0.1) is 24.1 Å². The Morgan fingerprint density at radius 2 is 1.94 bits per heavy atom. The number of benzene rings is 1. The standard InChI is InChI=1S/C11H13NO5/c1-7(11(14)17-2)10(13)8-3-5-9(6-4-8)12(15)16/h3-7,10,13H,1-2H3/t7-,10-/m1/s1. The zero-order valence-electron chi connectivity index (χ0n) is 9.49. The molecule has 6 nitrogen and oxygen atoms in total. The summed E-state index contributed by atoms with van der Waals surface area (Å²) in [6.07, 6.45) is -1.04. The van der Waals surface area contributed by atoms with E-state index >= 15 is 0 Å². The van der Waals surface area contributed by atoms with Crippen molar-refractivity contribution in [3.05, 3.63) is 39.9 Å². The number of methoxy groups -OCH3 is 1. The molecule has 17 heavy (non-hydrogen) atoms. The lowest BCUT2D eigenvalue weighted by Gasteiger charge is -2.16. The molecule has 0 aliphatic rings. The first-order valence-electron chi connectivity index (χ1n) is 4.97. The molecule has 1 aromatic carbocycles. The quantitative estimate of drug-likeness (QED) is 0.487. The molecule has 1 aromatic rings. The van der Waals surface area contributed by atoms with E-state index in [4.69, 9.17) is 0 Å². The summed E-state index contributed by atoms with van der Waals surface area (Å²) in [6, 6.07) is 5.40. The van der Waals surface area contributed by atoms with Crippen LogP contribution < -0.4 is 0 Å².